The molecular weight excluding hydrogens is 230 g/mol. The van der Waals surface area contributed by atoms with Crippen LogP contribution in [-0.4, -0.2) is 22.4 Å². The summed E-state index contributed by atoms with van der Waals surface area (Å²) in [6.07, 6.45) is 1.71. The molecule has 18 heavy (non-hydrogen) atoms. The summed E-state index contributed by atoms with van der Waals surface area (Å²) in [6, 6.07) is 7.26. The molecule has 5 heteroatoms. The molecule has 0 spiro atoms. The fourth-order valence-electron chi connectivity index (χ4n) is 1.77. The Balaban J connectivity index is 2.02. The molecular formula is C13H17N3O2. The van der Waals surface area contributed by atoms with Gasteiger partial charge >= 0.3 is 0 Å². The van der Waals surface area contributed by atoms with E-state index in [2.05, 4.69) is 15.5 Å². The third-order valence-electron chi connectivity index (χ3n) is 2.86. The standard InChI is InChI=1S/C13H17N3O2/c1-9(14-8-10-5-6-15-16-10)12-4-3-11(18-2)7-13(12)17/h3-7,9,14,17H,8H2,1-2H3,(H,15,16). The van der Waals surface area contributed by atoms with Gasteiger partial charge in [-0.3, -0.25) is 5.10 Å². The molecule has 5 nitrogen and oxygen atoms in total. The van der Waals surface area contributed by atoms with E-state index in [9.17, 15) is 5.11 Å². The maximum Gasteiger partial charge on any atom is 0.124 e. The number of H-pyrrole nitrogens is 1. The van der Waals surface area contributed by atoms with Crippen molar-refractivity contribution in [2.24, 2.45) is 0 Å². The molecule has 0 saturated carbocycles. The Morgan fingerprint density at radius 1 is 1.44 bits per heavy atom. The van der Waals surface area contributed by atoms with Crippen LogP contribution in [0, 0.1) is 0 Å². The Bertz CT molecular complexity index is 497. The van der Waals surface area contributed by atoms with Crippen molar-refractivity contribution >= 4 is 0 Å². The van der Waals surface area contributed by atoms with Gasteiger partial charge in [0.2, 0.25) is 0 Å². The van der Waals surface area contributed by atoms with Gasteiger partial charge in [-0.2, -0.15) is 5.10 Å². The number of nitrogens with zero attached hydrogens (tertiary/aromatic N) is 1. The zero-order chi connectivity index (χ0) is 13.0. The molecule has 1 aromatic heterocycles. The lowest BCUT2D eigenvalue weighted by Gasteiger charge is -2.15. The summed E-state index contributed by atoms with van der Waals surface area (Å²) < 4.78 is 5.05. The van der Waals surface area contributed by atoms with Gasteiger partial charge in [-0.15, -0.1) is 0 Å². The Morgan fingerprint density at radius 3 is 2.89 bits per heavy atom. The van der Waals surface area contributed by atoms with Crippen molar-refractivity contribution in [1.29, 1.82) is 0 Å². The lowest BCUT2D eigenvalue weighted by Crippen LogP contribution is -2.18. The van der Waals surface area contributed by atoms with Crippen molar-refractivity contribution in [2.45, 2.75) is 19.5 Å². The van der Waals surface area contributed by atoms with Crippen LogP contribution in [0.3, 0.4) is 0 Å². The Labute approximate surface area is 106 Å². The summed E-state index contributed by atoms with van der Waals surface area (Å²) in [7, 11) is 1.58. The van der Waals surface area contributed by atoms with Crippen molar-refractivity contribution in [2.75, 3.05) is 7.11 Å². The highest BCUT2D eigenvalue weighted by Gasteiger charge is 2.10. The highest BCUT2D eigenvalue weighted by atomic mass is 16.5. The minimum atomic E-state index is 0.0409. The molecule has 96 valence electrons. The summed E-state index contributed by atoms with van der Waals surface area (Å²) in [6.45, 7) is 2.67. The number of ether oxygens (including phenoxy) is 1. The van der Waals surface area contributed by atoms with E-state index in [0.717, 1.165) is 11.3 Å². The maximum atomic E-state index is 9.91. The minimum Gasteiger partial charge on any atom is -0.507 e. The van der Waals surface area contributed by atoms with Gasteiger partial charge in [-0.1, -0.05) is 6.07 Å². The van der Waals surface area contributed by atoms with Crippen LogP contribution in [0.4, 0.5) is 0 Å². The second-order valence-electron chi connectivity index (χ2n) is 4.11. The molecule has 1 heterocycles. The molecule has 0 aliphatic carbocycles. The normalized spacial score (nSPS) is 12.3. The number of methoxy groups -OCH3 is 1. The number of benzene rings is 1. The highest BCUT2D eigenvalue weighted by Crippen LogP contribution is 2.28. The molecule has 3 N–H and O–H groups in total. The van der Waals surface area contributed by atoms with Crippen molar-refractivity contribution in [1.82, 2.24) is 15.5 Å². The number of phenols is 1. The number of aromatic nitrogens is 2. The predicted molar refractivity (Wildman–Crippen MR) is 68.5 cm³/mol. The zero-order valence-corrected chi connectivity index (χ0v) is 10.5. The van der Waals surface area contributed by atoms with Gasteiger partial charge in [0.05, 0.1) is 7.11 Å². The first-order valence-electron chi connectivity index (χ1n) is 5.79. The molecule has 1 unspecified atom stereocenters. The van der Waals surface area contributed by atoms with Gasteiger partial charge in [0.25, 0.3) is 0 Å². The number of aromatic hydroxyl groups is 1. The Hall–Kier alpha value is -2.01. The second kappa shape index (κ2) is 5.55. The molecule has 0 amide bonds. The van der Waals surface area contributed by atoms with E-state index < -0.39 is 0 Å². The van der Waals surface area contributed by atoms with E-state index in [1.165, 1.54) is 0 Å². The van der Waals surface area contributed by atoms with E-state index in [1.54, 1.807) is 19.4 Å². The quantitative estimate of drug-likeness (QED) is 0.755. The first kappa shape index (κ1) is 12.4. The van der Waals surface area contributed by atoms with E-state index in [4.69, 9.17) is 4.74 Å². The number of phenolic OH excluding ortho intramolecular Hbond substituents is 1. The Kier molecular flexibility index (Phi) is 3.84. The first-order chi connectivity index (χ1) is 8.70. The number of hydrogen-bond donors (Lipinski definition) is 3. The van der Waals surface area contributed by atoms with Crippen molar-refractivity contribution in [3.05, 3.63) is 41.7 Å². The molecule has 0 aliphatic rings. The molecule has 0 saturated heterocycles. The monoisotopic (exact) mass is 247 g/mol. The minimum absolute atomic E-state index is 0.0409. The molecule has 1 aromatic carbocycles. The van der Waals surface area contributed by atoms with Crippen LogP contribution in [0.5, 0.6) is 11.5 Å². The summed E-state index contributed by atoms with van der Waals surface area (Å²) >= 11 is 0. The number of nitrogens with one attached hydrogen (secondary N) is 2. The molecule has 2 aromatic rings. The number of aromatic amines is 1. The molecule has 0 bridgehead atoms. The Morgan fingerprint density at radius 2 is 2.28 bits per heavy atom. The van der Waals surface area contributed by atoms with Crippen LogP contribution in [-0.2, 0) is 6.54 Å². The lowest BCUT2D eigenvalue weighted by molar-refractivity contribution is 0.404. The smallest absolute Gasteiger partial charge is 0.124 e. The molecule has 0 radical (unpaired) electrons. The van der Waals surface area contributed by atoms with Gasteiger partial charge in [0.15, 0.2) is 0 Å². The van der Waals surface area contributed by atoms with Crippen molar-refractivity contribution in [3.63, 3.8) is 0 Å². The zero-order valence-electron chi connectivity index (χ0n) is 10.5. The predicted octanol–water partition coefficient (Wildman–Crippen LogP) is 1.97. The SMILES string of the molecule is COc1ccc(C(C)NCc2ccn[nH]2)c(O)c1. The summed E-state index contributed by atoms with van der Waals surface area (Å²) in [5.74, 6) is 0.885. The maximum absolute atomic E-state index is 9.91. The van der Waals surface area contributed by atoms with Crippen LogP contribution in [0.2, 0.25) is 0 Å². The third-order valence-corrected chi connectivity index (χ3v) is 2.86. The topological polar surface area (TPSA) is 70.2 Å². The van der Waals surface area contributed by atoms with E-state index in [1.807, 2.05) is 25.1 Å². The third kappa shape index (κ3) is 2.81. The average Bonchev–Trinajstić information content (AvgIpc) is 2.88. The first-order valence-corrected chi connectivity index (χ1v) is 5.79. The van der Waals surface area contributed by atoms with Gasteiger partial charge in [0.1, 0.15) is 11.5 Å². The fraction of sp³-hybridized carbons (Fsp3) is 0.308. The van der Waals surface area contributed by atoms with Crippen LogP contribution < -0.4 is 10.1 Å². The summed E-state index contributed by atoms with van der Waals surface area (Å²) in [5, 5.41) is 20.0. The van der Waals surface area contributed by atoms with Crippen LogP contribution in [0.25, 0.3) is 0 Å². The van der Waals surface area contributed by atoms with Gasteiger partial charge < -0.3 is 15.2 Å². The lowest BCUT2D eigenvalue weighted by atomic mass is 10.1. The average molecular weight is 247 g/mol. The van der Waals surface area contributed by atoms with Crippen LogP contribution >= 0.6 is 0 Å². The van der Waals surface area contributed by atoms with Crippen molar-refractivity contribution in [3.8, 4) is 11.5 Å². The molecule has 0 aliphatic heterocycles. The van der Waals surface area contributed by atoms with Gasteiger partial charge in [-0.05, 0) is 19.1 Å². The van der Waals surface area contributed by atoms with Crippen LogP contribution in [0.1, 0.15) is 24.2 Å². The summed E-state index contributed by atoms with van der Waals surface area (Å²) in [5.41, 5.74) is 1.85. The number of rotatable bonds is 5. The second-order valence-corrected chi connectivity index (χ2v) is 4.11. The fourth-order valence-corrected chi connectivity index (χ4v) is 1.77. The largest absolute Gasteiger partial charge is 0.507 e. The van der Waals surface area contributed by atoms with Crippen molar-refractivity contribution < 1.29 is 9.84 Å². The highest BCUT2D eigenvalue weighted by molar-refractivity contribution is 5.41. The molecule has 0 fully saturated rings. The van der Waals surface area contributed by atoms with E-state index in [0.29, 0.717) is 12.3 Å². The van der Waals surface area contributed by atoms with Gasteiger partial charge in [-0.25, -0.2) is 0 Å². The van der Waals surface area contributed by atoms with E-state index in [-0.39, 0.29) is 11.8 Å². The molecule has 2 rings (SSSR count). The molecule has 1 atom stereocenters. The van der Waals surface area contributed by atoms with Crippen LogP contribution in [0.15, 0.2) is 30.5 Å². The van der Waals surface area contributed by atoms with E-state index >= 15 is 0 Å². The van der Waals surface area contributed by atoms with Gasteiger partial charge in [0, 0.05) is 36.1 Å². The number of hydrogen-bond acceptors (Lipinski definition) is 4. The summed E-state index contributed by atoms with van der Waals surface area (Å²) in [4.78, 5) is 0.